The van der Waals surface area contributed by atoms with Gasteiger partial charge in [0.1, 0.15) is 17.7 Å². The fraction of sp³-hybridized carbons (Fsp3) is 0.150. The van der Waals surface area contributed by atoms with Crippen molar-refractivity contribution in [2.75, 3.05) is 18.0 Å². The maximum atomic E-state index is 14.4. The van der Waals surface area contributed by atoms with Crippen molar-refractivity contribution < 1.29 is 8.78 Å². The van der Waals surface area contributed by atoms with E-state index in [4.69, 9.17) is 0 Å². The van der Waals surface area contributed by atoms with E-state index in [0.29, 0.717) is 24.4 Å². The van der Waals surface area contributed by atoms with E-state index < -0.39 is 12.0 Å². The van der Waals surface area contributed by atoms with E-state index in [-0.39, 0.29) is 0 Å². The highest BCUT2D eigenvalue weighted by atomic mass is 19.1. The molecule has 5 rings (SSSR count). The van der Waals surface area contributed by atoms with Crippen LogP contribution in [0.15, 0.2) is 61.2 Å². The lowest BCUT2D eigenvalue weighted by atomic mass is 10.1. The summed E-state index contributed by atoms with van der Waals surface area (Å²) in [7, 11) is 0. The molecule has 4 heterocycles. The molecule has 0 aliphatic carbocycles. The molecular formula is C20H15F2N5. The van der Waals surface area contributed by atoms with Crippen molar-refractivity contribution >= 4 is 16.7 Å². The van der Waals surface area contributed by atoms with Gasteiger partial charge in [-0.25, -0.2) is 18.4 Å². The number of hydrogen-bond acceptors (Lipinski definition) is 4. The second kappa shape index (κ2) is 6.12. The molecular weight excluding hydrogens is 348 g/mol. The Morgan fingerprint density at radius 2 is 1.93 bits per heavy atom. The SMILES string of the molecule is Fc1ccc(N2CC(F)C2)cc1-n1cc2cc(-c3cccnc3)cnc2n1. The summed E-state index contributed by atoms with van der Waals surface area (Å²) < 4.78 is 29.0. The Bertz CT molecular complexity index is 1120. The average Bonchev–Trinajstić information content (AvgIpc) is 3.10. The first-order chi connectivity index (χ1) is 13.2. The Morgan fingerprint density at radius 3 is 2.70 bits per heavy atom. The molecule has 4 aromatic rings. The summed E-state index contributed by atoms with van der Waals surface area (Å²) in [4.78, 5) is 10.4. The monoisotopic (exact) mass is 363 g/mol. The lowest BCUT2D eigenvalue weighted by molar-refractivity contribution is 0.275. The topological polar surface area (TPSA) is 46.8 Å². The van der Waals surface area contributed by atoms with Crippen LogP contribution in [0.2, 0.25) is 0 Å². The molecule has 0 amide bonds. The lowest BCUT2D eigenvalue weighted by Crippen LogP contribution is -2.48. The number of hydrogen-bond donors (Lipinski definition) is 0. The standard InChI is InChI=1S/C20H15F2N5/c21-16-11-26(12-16)17-3-4-18(22)19(7-17)27-10-15-6-14(9-24-20(15)25-27)13-2-1-5-23-8-13/h1-10,16H,11-12H2. The van der Waals surface area contributed by atoms with Crippen LogP contribution in [-0.4, -0.2) is 39.0 Å². The number of halogens is 2. The van der Waals surface area contributed by atoms with Crippen molar-refractivity contribution in [3.05, 3.63) is 67.0 Å². The molecule has 1 aromatic carbocycles. The molecule has 0 bridgehead atoms. The predicted octanol–water partition coefficient (Wildman–Crippen LogP) is 3.78. The third-order valence-corrected chi connectivity index (χ3v) is 4.73. The molecule has 0 spiro atoms. The molecule has 134 valence electrons. The smallest absolute Gasteiger partial charge is 0.181 e. The van der Waals surface area contributed by atoms with Crippen LogP contribution in [0.3, 0.4) is 0 Å². The number of fused-ring (bicyclic) bond motifs is 1. The highest BCUT2D eigenvalue weighted by Gasteiger charge is 2.27. The fourth-order valence-electron chi connectivity index (χ4n) is 3.24. The minimum atomic E-state index is -0.819. The van der Waals surface area contributed by atoms with Crippen LogP contribution in [-0.2, 0) is 0 Å². The van der Waals surface area contributed by atoms with E-state index in [1.54, 1.807) is 36.9 Å². The summed E-state index contributed by atoms with van der Waals surface area (Å²) in [6, 6.07) is 10.5. The van der Waals surface area contributed by atoms with Gasteiger partial charge in [-0.3, -0.25) is 4.98 Å². The van der Waals surface area contributed by atoms with Gasteiger partial charge in [-0.15, -0.1) is 5.10 Å². The van der Waals surface area contributed by atoms with Gasteiger partial charge in [0.15, 0.2) is 5.65 Å². The van der Waals surface area contributed by atoms with Crippen LogP contribution in [0.25, 0.3) is 27.8 Å². The van der Waals surface area contributed by atoms with Gasteiger partial charge < -0.3 is 4.90 Å². The predicted molar refractivity (Wildman–Crippen MR) is 99.2 cm³/mol. The number of benzene rings is 1. The van der Waals surface area contributed by atoms with E-state index in [2.05, 4.69) is 15.1 Å². The van der Waals surface area contributed by atoms with Crippen molar-refractivity contribution in [1.29, 1.82) is 0 Å². The minimum absolute atomic E-state index is 0.315. The van der Waals surface area contributed by atoms with Crippen molar-refractivity contribution in [3.63, 3.8) is 0 Å². The van der Waals surface area contributed by atoms with Crippen molar-refractivity contribution in [2.45, 2.75) is 6.17 Å². The quantitative estimate of drug-likeness (QED) is 0.556. The Hall–Kier alpha value is -3.35. The lowest BCUT2D eigenvalue weighted by Gasteiger charge is -2.36. The molecule has 27 heavy (non-hydrogen) atoms. The number of aromatic nitrogens is 4. The van der Waals surface area contributed by atoms with Gasteiger partial charge in [-0.1, -0.05) is 6.07 Å². The van der Waals surface area contributed by atoms with Crippen LogP contribution in [0, 0.1) is 5.82 Å². The van der Waals surface area contributed by atoms with Crippen LogP contribution in [0.4, 0.5) is 14.5 Å². The van der Waals surface area contributed by atoms with E-state index in [0.717, 1.165) is 22.2 Å². The fourth-order valence-corrected chi connectivity index (χ4v) is 3.24. The van der Waals surface area contributed by atoms with E-state index in [1.807, 2.05) is 23.1 Å². The van der Waals surface area contributed by atoms with Gasteiger partial charge in [0.25, 0.3) is 0 Å². The molecule has 0 unspecified atom stereocenters. The van der Waals surface area contributed by atoms with Gasteiger partial charge in [0.05, 0.1) is 13.1 Å². The molecule has 0 saturated carbocycles. The van der Waals surface area contributed by atoms with E-state index in [1.165, 1.54) is 10.7 Å². The third kappa shape index (κ3) is 2.81. The van der Waals surface area contributed by atoms with Crippen LogP contribution < -0.4 is 4.90 Å². The number of alkyl halides is 1. The summed E-state index contributed by atoms with van der Waals surface area (Å²) in [6.07, 6.45) is 6.14. The number of anilines is 1. The van der Waals surface area contributed by atoms with Crippen LogP contribution in [0.1, 0.15) is 0 Å². The Labute approximate surface area is 153 Å². The second-order valence-electron chi connectivity index (χ2n) is 6.59. The Kier molecular flexibility index (Phi) is 3.60. The van der Waals surface area contributed by atoms with Crippen molar-refractivity contribution in [3.8, 4) is 16.8 Å². The van der Waals surface area contributed by atoms with Crippen molar-refractivity contribution in [2.24, 2.45) is 0 Å². The van der Waals surface area contributed by atoms with Gasteiger partial charge in [0.2, 0.25) is 0 Å². The molecule has 0 N–H and O–H groups in total. The molecule has 1 saturated heterocycles. The zero-order chi connectivity index (χ0) is 18.4. The third-order valence-electron chi connectivity index (χ3n) is 4.73. The summed E-state index contributed by atoms with van der Waals surface area (Å²) in [5.74, 6) is -0.392. The first kappa shape index (κ1) is 15.9. The molecule has 5 nitrogen and oxygen atoms in total. The first-order valence-corrected chi connectivity index (χ1v) is 8.62. The highest BCUT2D eigenvalue weighted by Crippen LogP contribution is 2.28. The Balaban J connectivity index is 1.54. The number of nitrogens with zero attached hydrogens (tertiary/aromatic N) is 5. The molecule has 1 fully saturated rings. The van der Waals surface area contributed by atoms with Gasteiger partial charge in [-0.05, 0) is 30.3 Å². The summed E-state index contributed by atoms with van der Waals surface area (Å²) in [6.45, 7) is 0.671. The molecule has 0 atom stereocenters. The maximum absolute atomic E-state index is 14.4. The molecule has 0 radical (unpaired) electrons. The summed E-state index contributed by atoms with van der Waals surface area (Å²) in [5, 5.41) is 5.20. The van der Waals surface area contributed by atoms with Crippen LogP contribution >= 0.6 is 0 Å². The average molecular weight is 363 g/mol. The zero-order valence-corrected chi connectivity index (χ0v) is 14.3. The summed E-state index contributed by atoms with van der Waals surface area (Å²) in [5.41, 5.74) is 3.49. The maximum Gasteiger partial charge on any atom is 0.181 e. The second-order valence-corrected chi connectivity index (χ2v) is 6.59. The normalized spacial score (nSPS) is 14.5. The van der Waals surface area contributed by atoms with Gasteiger partial charge in [-0.2, -0.15) is 0 Å². The molecule has 1 aliphatic rings. The van der Waals surface area contributed by atoms with Gasteiger partial charge in [0, 0.05) is 47.0 Å². The zero-order valence-electron chi connectivity index (χ0n) is 14.3. The minimum Gasteiger partial charge on any atom is -0.365 e. The number of rotatable bonds is 3. The van der Waals surface area contributed by atoms with Crippen LogP contribution in [0.5, 0.6) is 0 Å². The van der Waals surface area contributed by atoms with E-state index >= 15 is 0 Å². The van der Waals surface area contributed by atoms with E-state index in [9.17, 15) is 8.78 Å². The Morgan fingerprint density at radius 1 is 1.04 bits per heavy atom. The largest absolute Gasteiger partial charge is 0.365 e. The molecule has 7 heteroatoms. The highest BCUT2D eigenvalue weighted by molar-refractivity contribution is 5.80. The number of pyridine rings is 2. The summed E-state index contributed by atoms with van der Waals surface area (Å²) >= 11 is 0. The first-order valence-electron chi connectivity index (χ1n) is 8.62. The van der Waals surface area contributed by atoms with Crippen molar-refractivity contribution in [1.82, 2.24) is 19.7 Å². The molecule has 3 aromatic heterocycles. The van der Waals surface area contributed by atoms with Gasteiger partial charge >= 0.3 is 0 Å². The molecule has 1 aliphatic heterocycles.